The summed E-state index contributed by atoms with van der Waals surface area (Å²) >= 11 is 1.82. The van der Waals surface area contributed by atoms with Crippen LogP contribution in [0.3, 0.4) is 0 Å². The van der Waals surface area contributed by atoms with Crippen molar-refractivity contribution in [1.82, 2.24) is 0 Å². The number of nitrogens with one attached hydrogen (secondary N) is 1. The van der Waals surface area contributed by atoms with E-state index in [1.807, 2.05) is 11.8 Å². The lowest BCUT2D eigenvalue weighted by Crippen LogP contribution is -2.29. The number of anilines is 1. The van der Waals surface area contributed by atoms with E-state index in [4.69, 9.17) is 0 Å². The monoisotopic (exact) mass is 249 g/mol. The molecule has 1 N–H and O–H groups in total. The summed E-state index contributed by atoms with van der Waals surface area (Å²) in [7, 11) is 0. The average molecular weight is 249 g/mol. The Labute approximate surface area is 109 Å². The van der Waals surface area contributed by atoms with Gasteiger partial charge in [-0.05, 0) is 49.5 Å². The fourth-order valence-corrected chi connectivity index (χ4v) is 3.09. The molecule has 1 fully saturated rings. The first kappa shape index (κ1) is 12.8. The van der Waals surface area contributed by atoms with E-state index in [-0.39, 0.29) is 0 Å². The summed E-state index contributed by atoms with van der Waals surface area (Å²) in [6, 6.07) is 9.29. The standard InChI is InChI=1S/C15H23NS/c1-15(2)10-8-12(9-11-15)16-13-6-4-5-7-14(13)17-3/h4-7,12,16H,8-11H2,1-3H3. The Morgan fingerprint density at radius 1 is 1.18 bits per heavy atom. The summed E-state index contributed by atoms with van der Waals surface area (Å²) in [5.41, 5.74) is 1.86. The molecule has 1 aliphatic rings. The van der Waals surface area contributed by atoms with Crippen LogP contribution >= 0.6 is 11.8 Å². The lowest BCUT2D eigenvalue weighted by Gasteiger charge is -2.35. The Morgan fingerprint density at radius 3 is 2.47 bits per heavy atom. The predicted octanol–water partition coefficient (Wildman–Crippen LogP) is 4.79. The molecule has 0 amide bonds. The third-order valence-corrected chi connectivity index (χ3v) is 4.60. The minimum Gasteiger partial charge on any atom is -0.381 e. The van der Waals surface area contributed by atoms with Crippen LogP contribution in [0.4, 0.5) is 5.69 Å². The van der Waals surface area contributed by atoms with Gasteiger partial charge in [0.25, 0.3) is 0 Å². The maximum Gasteiger partial charge on any atom is 0.0480 e. The molecule has 0 saturated heterocycles. The second-order valence-electron chi connectivity index (χ2n) is 5.78. The van der Waals surface area contributed by atoms with Crippen molar-refractivity contribution < 1.29 is 0 Å². The molecule has 0 unspecified atom stereocenters. The number of hydrogen-bond donors (Lipinski definition) is 1. The van der Waals surface area contributed by atoms with Gasteiger partial charge in [-0.2, -0.15) is 0 Å². The minimum absolute atomic E-state index is 0.553. The predicted molar refractivity (Wildman–Crippen MR) is 77.9 cm³/mol. The highest BCUT2D eigenvalue weighted by Gasteiger charge is 2.26. The van der Waals surface area contributed by atoms with E-state index < -0.39 is 0 Å². The number of benzene rings is 1. The third kappa shape index (κ3) is 3.41. The van der Waals surface area contributed by atoms with Crippen LogP contribution in [0.15, 0.2) is 29.2 Å². The van der Waals surface area contributed by atoms with Crippen molar-refractivity contribution in [1.29, 1.82) is 0 Å². The van der Waals surface area contributed by atoms with Crippen LogP contribution in [0.25, 0.3) is 0 Å². The number of rotatable bonds is 3. The van der Waals surface area contributed by atoms with Crippen LogP contribution < -0.4 is 5.32 Å². The maximum atomic E-state index is 3.72. The van der Waals surface area contributed by atoms with Crippen LogP contribution in [-0.4, -0.2) is 12.3 Å². The highest BCUT2D eigenvalue weighted by Crippen LogP contribution is 2.37. The highest BCUT2D eigenvalue weighted by atomic mass is 32.2. The first-order chi connectivity index (χ1) is 8.11. The number of hydrogen-bond acceptors (Lipinski definition) is 2. The molecule has 0 aliphatic heterocycles. The van der Waals surface area contributed by atoms with Gasteiger partial charge in [-0.15, -0.1) is 11.8 Å². The molecule has 0 spiro atoms. The maximum absolute atomic E-state index is 3.72. The van der Waals surface area contributed by atoms with Gasteiger partial charge in [-0.3, -0.25) is 0 Å². The lowest BCUT2D eigenvalue weighted by molar-refractivity contribution is 0.232. The molecule has 1 saturated carbocycles. The van der Waals surface area contributed by atoms with Gasteiger partial charge >= 0.3 is 0 Å². The molecule has 0 atom stereocenters. The molecule has 0 bridgehead atoms. The van der Waals surface area contributed by atoms with Crippen LogP contribution in [-0.2, 0) is 0 Å². The van der Waals surface area contributed by atoms with E-state index in [0.29, 0.717) is 11.5 Å². The average Bonchev–Trinajstić information content (AvgIpc) is 2.32. The lowest BCUT2D eigenvalue weighted by atomic mass is 9.75. The highest BCUT2D eigenvalue weighted by molar-refractivity contribution is 7.98. The van der Waals surface area contributed by atoms with E-state index in [0.717, 1.165) is 0 Å². The second kappa shape index (κ2) is 5.34. The van der Waals surface area contributed by atoms with Gasteiger partial charge < -0.3 is 5.32 Å². The van der Waals surface area contributed by atoms with Gasteiger partial charge in [0, 0.05) is 16.6 Å². The topological polar surface area (TPSA) is 12.0 Å². The molecule has 0 aromatic heterocycles. The zero-order chi connectivity index (χ0) is 12.3. The van der Waals surface area contributed by atoms with Crippen LogP contribution in [0.2, 0.25) is 0 Å². The van der Waals surface area contributed by atoms with Gasteiger partial charge in [-0.1, -0.05) is 26.0 Å². The summed E-state index contributed by atoms with van der Waals surface area (Å²) in [6.07, 6.45) is 7.42. The first-order valence-electron chi connectivity index (χ1n) is 6.50. The minimum atomic E-state index is 0.553. The SMILES string of the molecule is CSc1ccccc1NC1CCC(C)(C)CC1. The fraction of sp³-hybridized carbons (Fsp3) is 0.600. The Balaban J connectivity index is 1.98. The van der Waals surface area contributed by atoms with Crippen molar-refractivity contribution in [3.63, 3.8) is 0 Å². The first-order valence-corrected chi connectivity index (χ1v) is 7.73. The molecule has 0 radical (unpaired) electrons. The molecule has 0 heterocycles. The molecule has 1 aliphatic carbocycles. The molecule has 17 heavy (non-hydrogen) atoms. The van der Waals surface area contributed by atoms with E-state index in [1.165, 1.54) is 36.3 Å². The van der Waals surface area contributed by atoms with E-state index in [2.05, 4.69) is 49.7 Å². The van der Waals surface area contributed by atoms with Crippen molar-refractivity contribution in [2.75, 3.05) is 11.6 Å². The summed E-state index contributed by atoms with van der Waals surface area (Å²) in [4.78, 5) is 1.36. The van der Waals surface area contributed by atoms with E-state index in [1.54, 1.807) is 0 Å². The Bertz CT molecular complexity index is 363. The summed E-state index contributed by atoms with van der Waals surface area (Å²) in [5, 5.41) is 3.72. The van der Waals surface area contributed by atoms with E-state index >= 15 is 0 Å². The second-order valence-corrected chi connectivity index (χ2v) is 6.63. The van der Waals surface area contributed by atoms with Gasteiger partial charge in [-0.25, -0.2) is 0 Å². The smallest absolute Gasteiger partial charge is 0.0480 e. The summed E-state index contributed by atoms with van der Waals surface area (Å²) in [6.45, 7) is 4.78. The van der Waals surface area contributed by atoms with Crippen LogP contribution in [0.5, 0.6) is 0 Å². The molecule has 2 heteroatoms. The van der Waals surface area contributed by atoms with Crippen LogP contribution in [0.1, 0.15) is 39.5 Å². The van der Waals surface area contributed by atoms with Crippen molar-refractivity contribution in [3.8, 4) is 0 Å². The molecule has 1 nitrogen and oxygen atoms in total. The Hall–Kier alpha value is -0.630. The Kier molecular flexibility index (Phi) is 4.03. The molecule has 94 valence electrons. The molecule has 1 aromatic rings. The normalized spacial score (nSPS) is 20.2. The Morgan fingerprint density at radius 2 is 1.82 bits per heavy atom. The van der Waals surface area contributed by atoms with E-state index in [9.17, 15) is 0 Å². The summed E-state index contributed by atoms with van der Waals surface area (Å²) < 4.78 is 0. The summed E-state index contributed by atoms with van der Waals surface area (Å²) in [5.74, 6) is 0. The van der Waals surface area contributed by atoms with Crippen molar-refractivity contribution in [2.45, 2.75) is 50.5 Å². The molecular weight excluding hydrogens is 226 g/mol. The fourth-order valence-electron chi connectivity index (χ4n) is 2.53. The zero-order valence-electron chi connectivity index (χ0n) is 11.1. The zero-order valence-corrected chi connectivity index (χ0v) is 11.9. The van der Waals surface area contributed by atoms with Gasteiger partial charge in [0.1, 0.15) is 0 Å². The molecule has 1 aromatic carbocycles. The van der Waals surface area contributed by atoms with Gasteiger partial charge in [0.15, 0.2) is 0 Å². The quantitative estimate of drug-likeness (QED) is 0.773. The van der Waals surface area contributed by atoms with Gasteiger partial charge in [0.05, 0.1) is 0 Å². The van der Waals surface area contributed by atoms with Gasteiger partial charge in [0.2, 0.25) is 0 Å². The largest absolute Gasteiger partial charge is 0.381 e. The number of thioether (sulfide) groups is 1. The molecular formula is C15H23NS. The van der Waals surface area contributed by atoms with Crippen LogP contribution in [0, 0.1) is 5.41 Å². The molecule has 2 rings (SSSR count). The number of para-hydroxylation sites is 1. The van der Waals surface area contributed by atoms with Crippen molar-refractivity contribution in [3.05, 3.63) is 24.3 Å². The third-order valence-electron chi connectivity index (χ3n) is 3.81. The van der Waals surface area contributed by atoms with Crippen molar-refractivity contribution >= 4 is 17.4 Å². The van der Waals surface area contributed by atoms with Crippen molar-refractivity contribution in [2.24, 2.45) is 5.41 Å².